The molecule has 1 radical (unpaired) electrons. The molecule has 4 aromatic rings. The highest BCUT2D eigenvalue weighted by Gasteiger charge is 2.43. The zero-order chi connectivity index (χ0) is 33.3. The zero-order valence-corrected chi connectivity index (χ0v) is 29.2. The Balaban J connectivity index is 1.17. The number of H-pyrrole nitrogens is 2. The van der Waals surface area contributed by atoms with E-state index < -0.39 is 0 Å². The van der Waals surface area contributed by atoms with E-state index in [1.54, 1.807) is 7.11 Å². The molecular formula is C36H46N7O3Si. The van der Waals surface area contributed by atoms with Gasteiger partial charge in [0.05, 0.1) is 51.7 Å². The molecule has 1 aliphatic rings. The van der Waals surface area contributed by atoms with Crippen LogP contribution >= 0.6 is 0 Å². The van der Waals surface area contributed by atoms with Crippen molar-refractivity contribution < 1.29 is 14.3 Å². The van der Waals surface area contributed by atoms with Gasteiger partial charge in [0.15, 0.2) is 12.5 Å². The summed E-state index contributed by atoms with van der Waals surface area (Å²) in [6, 6.07) is 15.9. The Bertz CT molecular complexity index is 1650. The highest BCUT2D eigenvalue weighted by Crippen LogP contribution is 2.23. The van der Waals surface area contributed by atoms with Gasteiger partial charge in [-0.1, -0.05) is 70.0 Å². The molecule has 2 aromatic heterocycles. The number of carbonyl (C=O) groups excluding carboxylic acids is 1. The summed E-state index contributed by atoms with van der Waals surface area (Å²) in [5, 5.41) is 6.76. The fraction of sp³-hybridized carbons (Fsp3) is 0.417. The van der Waals surface area contributed by atoms with Gasteiger partial charge in [-0.2, -0.15) is 0 Å². The monoisotopic (exact) mass is 652 g/mol. The maximum absolute atomic E-state index is 13.6. The number of aromatic amines is 2. The summed E-state index contributed by atoms with van der Waals surface area (Å²) in [4.78, 5) is 31.3. The minimum atomic E-state index is -0.375. The molecular weight excluding hydrogens is 607 g/mol. The number of nitrogens with one attached hydrogen (secondary N) is 4. The van der Waals surface area contributed by atoms with Crippen LogP contribution in [0.1, 0.15) is 50.0 Å². The highest BCUT2D eigenvalue weighted by molar-refractivity contribution is 6.55. The van der Waals surface area contributed by atoms with Crippen LogP contribution in [0.5, 0.6) is 0 Å². The third-order valence-electron chi connectivity index (χ3n) is 7.88. The van der Waals surface area contributed by atoms with E-state index in [9.17, 15) is 4.79 Å². The number of epoxide rings is 1. The molecule has 0 spiro atoms. The van der Waals surface area contributed by atoms with Gasteiger partial charge >= 0.3 is 0 Å². The molecule has 247 valence electrons. The SMILES string of the molecule is CCCN(Cc1ncc(-c2ccc(C#Cc3ccc(-c4cnc(CNC[Si](C)C)[nH]4)cc3)cc2)[nH]1)C(=O)C(NC1OC1OC)C(C)C. The summed E-state index contributed by atoms with van der Waals surface area (Å²) in [5.41, 5.74) is 5.86. The number of rotatable bonds is 15. The summed E-state index contributed by atoms with van der Waals surface area (Å²) < 4.78 is 10.7. The van der Waals surface area contributed by atoms with E-state index in [2.05, 4.69) is 74.6 Å². The Kier molecular flexibility index (Phi) is 11.8. The molecule has 3 atom stereocenters. The van der Waals surface area contributed by atoms with Gasteiger partial charge in [0, 0.05) is 24.8 Å². The summed E-state index contributed by atoms with van der Waals surface area (Å²) in [7, 11) is 1.30. The smallest absolute Gasteiger partial charge is 0.240 e. The molecule has 47 heavy (non-hydrogen) atoms. The van der Waals surface area contributed by atoms with Crippen molar-refractivity contribution in [2.24, 2.45) is 5.92 Å². The van der Waals surface area contributed by atoms with Gasteiger partial charge in [0.2, 0.25) is 5.91 Å². The van der Waals surface area contributed by atoms with E-state index in [1.807, 2.05) is 67.5 Å². The van der Waals surface area contributed by atoms with Crippen LogP contribution in [0.2, 0.25) is 13.1 Å². The van der Waals surface area contributed by atoms with E-state index in [-0.39, 0.29) is 39.2 Å². The van der Waals surface area contributed by atoms with Crippen LogP contribution in [0.4, 0.5) is 0 Å². The van der Waals surface area contributed by atoms with Gasteiger partial charge in [-0.25, -0.2) is 9.97 Å². The fourth-order valence-electron chi connectivity index (χ4n) is 5.27. The lowest BCUT2D eigenvalue weighted by Gasteiger charge is -2.29. The normalized spacial score (nSPS) is 16.3. The van der Waals surface area contributed by atoms with Crippen molar-refractivity contribution in [1.82, 2.24) is 35.5 Å². The van der Waals surface area contributed by atoms with Crippen molar-refractivity contribution in [2.75, 3.05) is 19.8 Å². The average Bonchev–Trinajstić information content (AvgIpc) is 3.39. The van der Waals surface area contributed by atoms with E-state index in [0.29, 0.717) is 13.1 Å². The third-order valence-corrected chi connectivity index (χ3v) is 8.83. The molecule has 0 saturated carbocycles. The lowest BCUT2D eigenvalue weighted by Crippen LogP contribution is -2.50. The molecule has 3 heterocycles. The number of ether oxygens (including phenoxy) is 2. The van der Waals surface area contributed by atoms with Gasteiger partial charge in [-0.15, -0.1) is 0 Å². The Morgan fingerprint density at radius 2 is 1.55 bits per heavy atom. The minimum Gasteiger partial charge on any atom is -0.352 e. The summed E-state index contributed by atoms with van der Waals surface area (Å²) in [6.07, 6.45) is 5.05. The predicted octanol–water partition coefficient (Wildman–Crippen LogP) is 4.93. The van der Waals surface area contributed by atoms with Crippen LogP contribution in [0.15, 0.2) is 60.9 Å². The number of imidazole rings is 2. The molecule has 1 saturated heterocycles. The second-order valence-electron chi connectivity index (χ2n) is 12.5. The van der Waals surface area contributed by atoms with Gasteiger partial charge in [0.25, 0.3) is 0 Å². The van der Waals surface area contributed by atoms with Crippen LogP contribution in [0.25, 0.3) is 22.5 Å². The van der Waals surface area contributed by atoms with Gasteiger partial charge in [-0.05, 0) is 53.9 Å². The molecule has 1 amide bonds. The topological polar surface area (TPSA) is 123 Å². The number of aromatic nitrogens is 4. The number of hydrogen-bond acceptors (Lipinski definition) is 7. The number of benzene rings is 2. The molecule has 4 N–H and O–H groups in total. The van der Waals surface area contributed by atoms with E-state index in [0.717, 1.165) is 64.4 Å². The average molecular weight is 653 g/mol. The van der Waals surface area contributed by atoms with Crippen molar-refractivity contribution in [1.29, 1.82) is 0 Å². The molecule has 0 aliphatic carbocycles. The Hall–Kier alpha value is -4.05. The Morgan fingerprint density at radius 1 is 0.979 bits per heavy atom. The number of carbonyl (C=O) groups is 1. The second-order valence-corrected chi connectivity index (χ2v) is 15.3. The lowest BCUT2D eigenvalue weighted by atomic mass is 10.0. The first-order chi connectivity index (χ1) is 22.7. The van der Waals surface area contributed by atoms with Crippen LogP contribution < -0.4 is 10.6 Å². The minimum absolute atomic E-state index is 0.0315. The van der Waals surface area contributed by atoms with Crippen LogP contribution in [-0.2, 0) is 27.4 Å². The maximum Gasteiger partial charge on any atom is 0.240 e. The quantitative estimate of drug-likeness (QED) is 0.0816. The number of amides is 1. The van der Waals surface area contributed by atoms with Crippen LogP contribution in [-0.4, -0.2) is 77.9 Å². The molecule has 3 unspecified atom stereocenters. The zero-order valence-electron chi connectivity index (χ0n) is 28.2. The summed E-state index contributed by atoms with van der Waals surface area (Å²) in [6.45, 7) is 12.5. The fourth-order valence-corrected chi connectivity index (χ4v) is 5.89. The van der Waals surface area contributed by atoms with Crippen molar-refractivity contribution in [3.05, 3.63) is 83.7 Å². The van der Waals surface area contributed by atoms with Crippen LogP contribution in [0, 0.1) is 17.8 Å². The molecule has 11 heteroatoms. The van der Waals surface area contributed by atoms with Crippen molar-refractivity contribution >= 4 is 14.7 Å². The predicted molar refractivity (Wildman–Crippen MR) is 186 cm³/mol. The van der Waals surface area contributed by atoms with Gasteiger partial charge in [-0.3, -0.25) is 10.1 Å². The number of hydrogen-bond donors (Lipinski definition) is 4. The molecule has 2 aromatic carbocycles. The molecule has 10 nitrogen and oxygen atoms in total. The van der Waals surface area contributed by atoms with Crippen molar-refractivity contribution in [3.63, 3.8) is 0 Å². The van der Waals surface area contributed by atoms with Gasteiger partial charge in [0.1, 0.15) is 11.6 Å². The van der Waals surface area contributed by atoms with Crippen LogP contribution in [0.3, 0.4) is 0 Å². The highest BCUT2D eigenvalue weighted by atomic mass is 28.3. The first-order valence-electron chi connectivity index (χ1n) is 16.3. The molecule has 1 aliphatic heterocycles. The third kappa shape index (κ3) is 9.50. The van der Waals surface area contributed by atoms with Crippen molar-refractivity contribution in [3.8, 4) is 34.4 Å². The molecule has 1 fully saturated rings. The van der Waals surface area contributed by atoms with E-state index in [1.165, 1.54) is 0 Å². The first kappa shape index (κ1) is 34.3. The first-order valence-corrected chi connectivity index (χ1v) is 19.0. The van der Waals surface area contributed by atoms with Gasteiger partial charge < -0.3 is 29.7 Å². The molecule has 0 bridgehead atoms. The lowest BCUT2D eigenvalue weighted by molar-refractivity contribution is -0.135. The number of methoxy groups -OCH3 is 1. The second kappa shape index (κ2) is 16.2. The Morgan fingerprint density at radius 3 is 2.06 bits per heavy atom. The summed E-state index contributed by atoms with van der Waals surface area (Å²) in [5.74, 6) is 8.35. The standard InChI is InChI=1S/C36H46N7O3Si/c1-7-18-43(35(44)33(24(2)3)42-34-36(45-4)46-34)22-32-39-20-30(41-32)28-16-12-26(13-17-28)9-8-25-10-14-27(15-11-25)29-19-38-31(40-29)21-37-23-47(5)6/h10-17,19-20,24,33-34,36-37,42H,7,18,21-23H2,1-6H3,(H,38,40)(H,39,41). The maximum atomic E-state index is 13.6. The van der Waals surface area contributed by atoms with E-state index >= 15 is 0 Å². The summed E-state index contributed by atoms with van der Waals surface area (Å²) >= 11 is 0. The van der Waals surface area contributed by atoms with E-state index in [4.69, 9.17) is 9.47 Å². The van der Waals surface area contributed by atoms with Crippen molar-refractivity contribution in [2.45, 2.75) is 71.9 Å². The Labute approximate surface area is 279 Å². The largest absolute Gasteiger partial charge is 0.352 e. The number of nitrogens with zero attached hydrogens (tertiary/aromatic N) is 3. The molecule has 5 rings (SSSR count).